The Balaban J connectivity index is 1.12. The van der Waals surface area contributed by atoms with Crippen LogP contribution in [0, 0.1) is 28.9 Å². The molecule has 0 bridgehead atoms. The van der Waals surface area contributed by atoms with Crippen LogP contribution in [0.15, 0.2) is 48.5 Å². The van der Waals surface area contributed by atoms with E-state index in [4.69, 9.17) is 9.47 Å². The largest absolute Gasteiger partial charge is 0.442 e. The smallest absolute Gasteiger partial charge is 0.407 e. The lowest BCUT2D eigenvalue weighted by molar-refractivity contribution is -0.386. The van der Waals surface area contributed by atoms with Crippen LogP contribution in [-0.4, -0.2) is 29.2 Å². The molecule has 0 aromatic heterocycles. The van der Waals surface area contributed by atoms with Crippen LogP contribution in [0.5, 0.6) is 0 Å². The Labute approximate surface area is 242 Å². The highest BCUT2D eigenvalue weighted by atomic mass is 16.6. The van der Waals surface area contributed by atoms with Crippen LogP contribution in [-0.2, 0) is 9.47 Å². The topological polar surface area (TPSA) is 120 Å². The summed E-state index contributed by atoms with van der Waals surface area (Å²) in [4.78, 5) is 35.8. The zero-order valence-corrected chi connectivity index (χ0v) is 24.3. The van der Waals surface area contributed by atoms with Crippen LogP contribution in [0.25, 0.3) is 0 Å². The molecule has 0 aliphatic heterocycles. The summed E-state index contributed by atoms with van der Waals surface area (Å²) in [6, 6.07) is 14.5. The number of carbonyl (C=O) groups is 2. The summed E-state index contributed by atoms with van der Waals surface area (Å²) < 4.78 is 11.1. The molecule has 2 amide bonds. The molecule has 4 rings (SSSR count). The lowest BCUT2D eigenvalue weighted by Gasteiger charge is -2.34. The lowest BCUT2D eigenvalue weighted by atomic mass is 9.76. The second-order valence-electron chi connectivity index (χ2n) is 11.7. The Morgan fingerprint density at radius 2 is 1.22 bits per heavy atom. The third-order valence-electron chi connectivity index (χ3n) is 8.77. The van der Waals surface area contributed by atoms with Crippen LogP contribution in [0.4, 0.5) is 15.3 Å². The van der Waals surface area contributed by atoms with E-state index in [1.54, 1.807) is 25.1 Å². The molecule has 2 aromatic rings. The fraction of sp³-hybridized carbons (Fsp3) is 0.562. The molecule has 2 unspecified atom stereocenters. The average molecular weight is 566 g/mol. The molecule has 0 saturated heterocycles. The number of hydrogen-bond donors (Lipinski definition) is 2. The predicted molar refractivity (Wildman–Crippen MR) is 156 cm³/mol. The molecule has 2 atom stereocenters. The number of nitrogens with one attached hydrogen (secondary N) is 2. The van der Waals surface area contributed by atoms with Gasteiger partial charge in [0.25, 0.3) is 5.69 Å². The molecule has 2 saturated carbocycles. The summed E-state index contributed by atoms with van der Waals surface area (Å²) >= 11 is 0. The van der Waals surface area contributed by atoms with Gasteiger partial charge in [-0.3, -0.25) is 10.1 Å². The first-order valence-electron chi connectivity index (χ1n) is 14.9. The molecule has 9 heteroatoms. The molecule has 41 heavy (non-hydrogen) atoms. The summed E-state index contributed by atoms with van der Waals surface area (Å²) in [7, 11) is 0. The van der Waals surface area contributed by atoms with E-state index in [9.17, 15) is 19.7 Å². The normalized spacial score (nSPS) is 24.0. The minimum absolute atomic E-state index is 0.0502. The zero-order valence-electron chi connectivity index (χ0n) is 24.3. The van der Waals surface area contributed by atoms with Crippen molar-refractivity contribution in [2.75, 3.05) is 0 Å². The van der Waals surface area contributed by atoms with Gasteiger partial charge in [0.15, 0.2) is 0 Å². The third kappa shape index (κ3) is 8.68. The van der Waals surface area contributed by atoms with Gasteiger partial charge in [0, 0.05) is 18.2 Å². The highest BCUT2D eigenvalue weighted by Crippen LogP contribution is 2.36. The molecule has 222 valence electrons. The molecular formula is C32H43N3O6. The van der Waals surface area contributed by atoms with Gasteiger partial charge in [0.2, 0.25) is 0 Å². The fourth-order valence-electron chi connectivity index (χ4n) is 6.45. The van der Waals surface area contributed by atoms with Crippen LogP contribution < -0.4 is 10.6 Å². The number of rotatable bonds is 9. The van der Waals surface area contributed by atoms with E-state index in [0.29, 0.717) is 17.4 Å². The van der Waals surface area contributed by atoms with Gasteiger partial charge >= 0.3 is 12.2 Å². The number of carbonyl (C=O) groups excluding carboxylic acids is 2. The van der Waals surface area contributed by atoms with Gasteiger partial charge in [0.1, 0.15) is 12.2 Å². The van der Waals surface area contributed by atoms with E-state index in [-0.39, 0.29) is 30.0 Å². The number of ether oxygens (including phenoxy) is 2. The highest BCUT2D eigenvalue weighted by molar-refractivity contribution is 5.68. The molecule has 2 aliphatic rings. The average Bonchev–Trinajstić information content (AvgIpc) is 2.95. The van der Waals surface area contributed by atoms with E-state index in [2.05, 4.69) is 10.6 Å². The zero-order chi connectivity index (χ0) is 29.4. The number of amides is 2. The van der Waals surface area contributed by atoms with Gasteiger partial charge in [-0.1, -0.05) is 36.4 Å². The number of alkyl carbamates (subject to hydrolysis) is 2. The van der Waals surface area contributed by atoms with E-state index in [1.807, 2.05) is 38.1 Å². The summed E-state index contributed by atoms with van der Waals surface area (Å²) in [6.45, 7) is 5.58. The maximum atomic E-state index is 12.5. The molecule has 2 aromatic carbocycles. The first-order chi connectivity index (χ1) is 19.7. The number of nitro benzene ring substituents is 1. The van der Waals surface area contributed by atoms with Gasteiger partial charge in [-0.2, -0.15) is 0 Å². The number of aryl methyl sites for hydroxylation is 1. The fourth-order valence-corrected chi connectivity index (χ4v) is 6.45. The minimum atomic E-state index is -0.712. The third-order valence-corrected chi connectivity index (χ3v) is 8.77. The number of para-hydroxylation sites is 1. The van der Waals surface area contributed by atoms with Crippen molar-refractivity contribution in [3.8, 4) is 0 Å². The Bertz CT molecular complexity index is 1190. The van der Waals surface area contributed by atoms with Crippen LogP contribution in [0.3, 0.4) is 0 Å². The van der Waals surface area contributed by atoms with E-state index in [1.165, 1.54) is 12.5 Å². The first-order valence-corrected chi connectivity index (χ1v) is 14.9. The Kier molecular flexibility index (Phi) is 10.6. The summed E-state index contributed by atoms with van der Waals surface area (Å²) in [5.74, 6) is 1.31. The summed E-state index contributed by atoms with van der Waals surface area (Å²) in [6.07, 6.45) is 7.40. The quantitative estimate of drug-likeness (QED) is 0.238. The number of benzene rings is 2. The van der Waals surface area contributed by atoms with Crippen molar-refractivity contribution < 1.29 is 24.0 Å². The van der Waals surface area contributed by atoms with Crippen molar-refractivity contribution in [2.24, 2.45) is 11.8 Å². The maximum absolute atomic E-state index is 12.5. The van der Waals surface area contributed by atoms with Crippen LogP contribution >= 0.6 is 0 Å². The monoisotopic (exact) mass is 565 g/mol. The Hall–Kier alpha value is -3.62. The van der Waals surface area contributed by atoms with Crippen molar-refractivity contribution in [2.45, 2.75) is 103 Å². The number of nitro groups is 1. The molecule has 2 N–H and O–H groups in total. The molecule has 0 heterocycles. The van der Waals surface area contributed by atoms with E-state index >= 15 is 0 Å². The second-order valence-corrected chi connectivity index (χ2v) is 11.7. The summed E-state index contributed by atoms with van der Waals surface area (Å²) in [5, 5.41) is 17.3. The number of hydrogen-bond acceptors (Lipinski definition) is 6. The van der Waals surface area contributed by atoms with Gasteiger partial charge in [0.05, 0.1) is 10.5 Å². The highest BCUT2D eigenvalue weighted by Gasteiger charge is 2.29. The van der Waals surface area contributed by atoms with E-state index < -0.39 is 17.1 Å². The van der Waals surface area contributed by atoms with Gasteiger partial charge in [-0.05, 0) is 108 Å². The molecule has 0 radical (unpaired) electrons. The van der Waals surface area contributed by atoms with Crippen LogP contribution in [0.2, 0.25) is 0 Å². The van der Waals surface area contributed by atoms with Gasteiger partial charge in [-0.25, -0.2) is 9.59 Å². The van der Waals surface area contributed by atoms with E-state index in [0.717, 1.165) is 62.5 Å². The standard InChI is InChI=1S/C32H43N3O6/c1-21-8-4-5-9-28(21)22(2)40-31(36)33-26-16-12-24(13-17-26)20-25-14-18-27(19-15-25)34-32(37)41-23(3)29-10-6-7-11-30(29)35(38)39/h4-11,22-27H,12-20H2,1-3H3,(H,33,36)(H,34,37). The molecule has 0 spiro atoms. The van der Waals surface area contributed by atoms with Crippen molar-refractivity contribution in [3.05, 3.63) is 75.3 Å². The molecule has 9 nitrogen and oxygen atoms in total. The number of nitrogens with zero attached hydrogens (tertiary/aromatic N) is 1. The van der Waals surface area contributed by atoms with Crippen molar-refractivity contribution >= 4 is 17.9 Å². The Morgan fingerprint density at radius 3 is 1.71 bits per heavy atom. The molecule has 2 fully saturated rings. The van der Waals surface area contributed by atoms with Gasteiger partial charge in [-0.15, -0.1) is 0 Å². The predicted octanol–water partition coefficient (Wildman–Crippen LogP) is 7.69. The Morgan fingerprint density at radius 1 is 0.780 bits per heavy atom. The van der Waals surface area contributed by atoms with Gasteiger partial charge < -0.3 is 20.1 Å². The van der Waals surface area contributed by atoms with Crippen LogP contribution in [0.1, 0.15) is 101 Å². The second kappa shape index (κ2) is 14.3. The summed E-state index contributed by atoms with van der Waals surface area (Å²) in [5.41, 5.74) is 2.48. The molecular weight excluding hydrogens is 522 g/mol. The lowest BCUT2D eigenvalue weighted by Crippen LogP contribution is -2.39. The first kappa shape index (κ1) is 30.3. The minimum Gasteiger partial charge on any atom is -0.442 e. The SMILES string of the molecule is Cc1ccccc1C(C)OC(=O)NC1CCC(CC2CCC(NC(=O)OC(C)c3ccccc3[N+](=O)[O-])CC2)CC1. The maximum Gasteiger partial charge on any atom is 0.407 e. The van der Waals surface area contributed by atoms with Crippen molar-refractivity contribution in [3.63, 3.8) is 0 Å². The molecule has 2 aliphatic carbocycles. The van der Waals surface area contributed by atoms with Crippen molar-refractivity contribution in [1.82, 2.24) is 10.6 Å². The van der Waals surface area contributed by atoms with Crippen molar-refractivity contribution in [1.29, 1.82) is 0 Å².